The number of carbonyl (C=O) groups excluding carboxylic acids is 1. The lowest BCUT2D eigenvalue weighted by Crippen LogP contribution is -2.59. The molecule has 0 aromatic heterocycles. The molecule has 2 aliphatic rings. The zero-order valence-corrected chi connectivity index (χ0v) is 16.3. The number of fused-ring (bicyclic) bond motifs is 1. The highest BCUT2D eigenvalue weighted by atomic mass is 16.7. The first-order chi connectivity index (χ1) is 13.2. The molecule has 0 unspecified atom stereocenters. The molecular formula is C20H28O8. The molecule has 8 heteroatoms. The molecule has 1 saturated heterocycles. The van der Waals surface area contributed by atoms with E-state index in [1.165, 1.54) is 0 Å². The number of aliphatic hydroxyl groups excluding tert-OH is 4. The number of ketones is 1. The number of aliphatic hydroxyl groups is 4. The molecule has 1 aliphatic heterocycles. The molecule has 28 heavy (non-hydrogen) atoms. The van der Waals surface area contributed by atoms with Crippen LogP contribution in [0.2, 0.25) is 0 Å². The molecule has 1 aromatic rings. The lowest BCUT2D eigenvalue weighted by molar-refractivity contribution is -0.300. The van der Waals surface area contributed by atoms with E-state index < -0.39 is 37.3 Å². The summed E-state index contributed by atoms with van der Waals surface area (Å²) in [4.78, 5) is 12.5. The van der Waals surface area contributed by atoms with Gasteiger partial charge in [-0.3, -0.25) is 4.79 Å². The number of hydrogen-bond donors (Lipinski definition) is 5. The second-order valence-corrected chi connectivity index (χ2v) is 7.72. The van der Waals surface area contributed by atoms with Gasteiger partial charge in [-0.1, -0.05) is 6.92 Å². The molecule has 1 aliphatic carbocycles. The minimum atomic E-state index is -1.50. The van der Waals surface area contributed by atoms with Crippen molar-refractivity contribution in [3.63, 3.8) is 0 Å². The summed E-state index contributed by atoms with van der Waals surface area (Å²) >= 11 is 0. The first kappa shape index (κ1) is 21.2. The molecule has 0 radical (unpaired) electrons. The van der Waals surface area contributed by atoms with Crippen molar-refractivity contribution >= 4 is 5.78 Å². The zero-order valence-electron chi connectivity index (χ0n) is 16.3. The third-order valence-corrected chi connectivity index (χ3v) is 5.91. The van der Waals surface area contributed by atoms with E-state index in [0.717, 1.165) is 11.1 Å². The highest BCUT2D eigenvalue weighted by molar-refractivity contribution is 6.04. The number of phenolic OH excluding ortho intramolecular Hbond substituents is 1. The summed E-state index contributed by atoms with van der Waals surface area (Å²) < 4.78 is 10.9. The van der Waals surface area contributed by atoms with Crippen LogP contribution in [0, 0.1) is 19.8 Å². The fourth-order valence-electron chi connectivity index (χ4n) is 4.18. The van der Waals surface area contributed by atoms with Crippen LogP contribution in [-0.4, -0.2) is 75.2 Å². The van der Waals surface area contributed by atoms with E-state index in [1.54, 1.807) is 6.92 Å². The summed E-state index contributed by atoms with van der Waals surface area (Å²) in [7, 11) is 0. The standard InChI is InChI=1S/C20H28O8/c1-8-6-12-14(15(8)22)9(2)11(10(3)16(12)23)4-5-27-20-19(26)18(25)17(24)13(7-21)28-20/h8,13,17-21,23-26H,4-7H2,1-3H3/t8-,13+,17+,18+,19-,20+/m1/s1. The Morgan fingerprint density at radius 1 is 1.11 bits per heavy atom. The van der Waals surface area contributed by atoms with Crippen LogP contribution in [0.5, 0.6) is 5.75 Å². The van der Waals surface area contributed by atoms with Gasteiger partial charge in [0, 0.05) is 17.0 Å². The van der Waals surface area contributed by atoms with Crippen LogP contribution in [-0.2, 0) is 22.3 Å². The maximum atomic E-state index is 12.5. The summed E-state index contributed by atoms with van der Waals surface area (Å²) in [6, 6.07) is 0. The average Bonchev–Trinajstić information content (AvgIpc) is 2.97. The Morgan fingerprint density at radius 3 is 2.43 bits per heavy atom. The maximum absolute atomic E-state index is 12.5. The van der Waals surface area contributed by atoms with Crippen molar-refractivity contribution in [3.8, 4) is 5.75 Å². The van der Waals surface area contributed by atoms with Gasteiger partial charge in [0.1, 0.15) is 30.2 Å². The third kappa shape index (κ3) is 3.45. The first-order valence-electron chi connectivity index (χ1n) is 9.49. The minimum Gasteiger partial charge on any atom is -0.507 e. The van der Waals surface area contributed by atoms with Crippen LogP contribution >= 0.6 is 0 Å². The molecule has 0 bridgehead atoms. The first-order valence-corrected chi connectivity index (χ1v) is 9.49. The fraction of sp³-hybridized carbons (Fsp3) is 0.650. The van der Waals surface area contributed by atoms with Gasteiger partial charge < -0.3 is 35.0 Å². The molecule has 5 N–H and O–H groups in total. The number of hydrogen-bond acceptors (Lipinski definition) is 8. The molecule has 0 spiro atoms. The Labute approximate surface area is 163 Å². The van der Waals surface area contributed by atoms with Gasteiger partial charge in [-0.25, -0.2) is 0 Å². The molecule has 1 aromatic carbocycles. The van der Waals surface area contributed by atoms with E-state index >= 15 is 0 Å². The smallest absolute Gasteiger partial charge is 0.186 e. The van der Waals surface area contributed by atoms with E-state index in [1.807, 2.05) is 13.8 Å². The normalized spacial score (nSPS) is 32.6. The van der Waals surface area contributed by atoms with Gasteiger partial charge in [0.05, 0.1) is 13.2 Å². The van der Waals surface area contributed by atoms with Gasteiger partial charge >= 0.3 is 0 Å². The second-order valence-electron chi connectivity index (χ2n) is 7.72. The van der Waals surface area contributed by atoms with E-state index in [0.29, 0.717) is 29.5 Å². The van der Waals surface area contributed by atoms with E-state index in [9.17, 15) is 30.3 Å². The van der Waals surface area contributed by atoms with E-state index in [-0.39, 0.29) is 24.1 Å². The number of ether oxygens (including phenoxy) is 2. The van der Waals surface area contributed by atoms with Crippen LogP contribution in [0.1, 0.15) is 39.5 Å². The summed E-state index contributed by atoms with van der Waals surface area (Å²) in [6.45, 7) is 5.05. The van der Waals surface area contributed by atoms with Crippen molar-refractivity contribution in [1.29, 1.82) is 0 Å². The van der Waals surface area contributed by atoms with Gasteiger partial charge in [-0.2, -0.15) is 0 Å². The molecule has 1 fully saturated rings. The predicted molar refractivity (Wildman–Crippen MR) is 98.2 cm³/mol. The number of aromatic hydroxyl groups is 1. The van der Waals surface area contributed by atoms with Crippen molar-refractivity contribution in [2.75, 3.05) is 13.2 Å². The molecule has 1 heterocycles. The number of rotatable bonds is 5. The van der Waals surface area contributed by atoms with Crippen LogP contribution in [0.3, 0.4) is 0 Å². The average molecular weight is 396 g/mol. The third-order valence-electron chi connectivity index (χ3n) is 5.91. The van der Waals surface area contributed by atoms with Crippen molar-refractivity contribution in [1.82, 2.24) is 0 Å². The van der Waals surface area contributed by atoms with Crippen LogP contribution < -0.4 is 0 Å². The summed E-state index contributed by atoms with van der Waals surface area (Å²) in [5, 5.41) is 49.4. The number of phenols is 1. The number of benzene rings is 1. The predicted octanol–water partition coefficient (Wildman–Crippen LogP) is -0.257. The number of Topliss-reactive ketones (excluding diaryl/α,β-unsaturated/α-hetero) is 1. The van der Waals surface area contributed by atoms with E-state index in [4.69, 9.17) is 9.47 Å². The molecule has 8 nitrogen and oxygen atoms in total. The minimum absolute atomic E-state index is 0.0268. The lowest BCUT2D eigenvalue weighted by Gasteiger charge is -2.39. The fourth-order valence-corrected chi connectivity index (χ4v) is 4.18. The molecule has 0 amide bonds. The highest BCUT2D eigenvalue weighted by Crippen LogP contribution is 2.40. The van der Waals surface area contributed by atoms with Crippen molar-refractivity contribution in [2.24, 2.45) is 5.92 Å². The highest BCUT2D eigenvalue weighted by Gasteiger charge is 2.44. The molecule has 156 valence electrons. The molecular weight excluding hydrogens is 368 g/mol. The second kappa shape index (κ2) is 8.06. The van der Waals surface area contributed by atoms with Gasteiger partial charge in [-0.05, 0) is 43.4 Å². The SMILES string of the molecule is Cc1c(O)c2c(c(C)c1CCO[C@H]1O[C@@H](CO)[C@H](O)[C@H](O)[C@H]1O)C(=O)[C@H](C)C2. The monoisotopic (exact) mass is 396 g/mol. The Morgan fingerprint density at radius 2 is 1.79 bits per heavy atom. The molecule has 6 atom stereocenters. The Balaban J connectivity index is 1.74. The largest absolute Gasteiger partial charge is 0.507 e. The van der Waals surface area contributed by atoms with Crippen LogP contribution in [0.4, 0.5) is 0 Å². The van der Waals surface area contributed by atoms with Crippen molar-refractivity contribution in [2.45, 2.75) is 64.3 Å². The summed E-state index contributed by atoms with van der Waals surface area (Å²) in [6.07, 6.45) is -5.75. The Kier molecular flexibility index (Phi) is 6.09. The zero-order chi connectivity index (χ0) is 20.7. The summed E-state index contributed by atoms with van der Waals surface area (Å²) in [5.41, 5.74) is 3.58. The summed E-state index contributed by atoms with van der Waals surface area (Å²) in [5.74, 6) is 0.0136. The Bertz CT molecular complexity index is 759. The molecule has 0 saturated carbocycles. The van der Waals surface area contributed by atoms with Gasteiger partial charge in [-0.15, -0.1) is 0 Å². The number of carbonyl (C=O) groups is 1. The maximum Gasteiger partial charge on any atom is 0.186 e. The topological polar surface area (TPSA) is 137 Å². The van der Waals surface area contributed by atoms with Gasteiger partial charge in [0.25, 0.3) is 0 Å². The lowest BCUT2D eigenvalue weighted by atomic mass is 9.91. The van der Waals surface area contributed by atoms with Gasteiger partial charge in [0.15, 0.2) is 12.1 Å². The quantitative estimate of drug-likeness (QED) is 0.459. The van der Waals surface area contributed by atoms with E-state index in [2.05, 4.69) is 0 Å². The molecule has 3 rings (SSSR count). The van der Waals surface area contributed by atoms with Crippen LogP contribution in [0.15, 0.2) is 0 Å². The van der Waals surface area contributed by atoms with Crippen LogP contribution in [0.25, 0.3) is 0 Å². The van der Waals surface area contributed by atoms with Crippen molar-refractivity contribution < 1.29 is 39.8 Å². The van der Waals surface area contributed by atoms with Crippen molar-refractivity contribution in [3.05, 3.63) is 27.8 Å². The Hall–Kier alpha value is -1.55. The van der Waals surface area contributed by atoms with Gasteiger partial charge in [0.2, 0.25) is 0 Å².